The third-order valence-electron chi connectivity index (χ3n) is 4.63. The number of aryl methyl sites for hydroxylation is 1. The lowest BCUT2D eigenvalue weighted by Crippen LogP contribution is -2.50. The molecule has 3 rings (SSSR count). The fourth-order valence-corrected chi connectivity index (χ4v) is 3.09. The number of hydrogen-bond acceptors (Lipinski definition) is 5. The minimum atomic E-state index is -0.127. The van der Waals surface area contributed by atoms with E-state index in [9.17, 15) is 9.59 Å². The van der Waals surface area contributed by atoms with Crippen LogP contribution in [0.25, 0.3) is 0 Å². The highest BCUT2D eigenvalue weighted by Gasteiger charge is 2.24. The highest BCUT2D eigenvalue weighted by molar-refractivity contribution is 5.93. The van der Waals surface area contributed by atoms with E-state index in [1.807, 2.05) is 31.2 Å². The van der Waals surface area contributed by atoms with Gasteiger partial charge in [-0.25, -0.2) is 0 Å². The second kappa shape index (κ2) is 8.07. The second-order valence-corrected chi connectivity index (χ2v) is 6.56. The average molecular weight is 368 g/mol. The molecular formula is C20H24N4O3. The zero-order valence-electron chi connectivity index (χ0n) is 15.9. The molecule has 1 saturated heterocycles. The molecule has 0 radical (unpaired) electrons. The van der Waals surface area contributed by atoms with Crippen LogP contribution < -0.4 is 10.1 Å². The van der Waals surface area contributed by atoms with Crippen LogP contribution in [0.15, 0.2) is 36.5 Å². The summed E-state index contributed by atoms with van der Waals surface area (Å²) in [5.41, 5.74) is 3.08. The summed E-state index contributed by atoms with van der Waals surface area (Å²) >= 11 is 0. The number of pyridine rings is 1. The Morgan fingerprint density at radius 1 is 1.07 bits per heavy atom. The van der Waals surface area contributed by atoms with Gasteiger partial charge in [0.1, 0.15) is 11.4 Å². The largest absolute Gasteiger partial charge is 0.495 e. The number of benzene rings is 1. The topological polar surface area (TPSA) is 74.8 Å². The van der Waals surface area contributed by atoms with Gasteiger partial charge < -0.3 is 19.9 Å². The predicted molar refractivity (Wildman–Crippen MR) is 103 cm³/mol. The van der Waals surface area contributed by atoms with Crippen molar-refractivity contribution in [2.75, 3.05) is 38.6 Å². The van der Waals surface area contributed by atoms with E-state index >= 15 is 0 Å². The van der Waals surface area contributed by atoms with Gasteiger partial charge in [0.15, 0.2) is 0 Å². The Kier molecular flexibility index (Phi) is 5.59. The highest BCUT2D eigenvalue weighted by atomic mass is 16.5. The molecule has 1 aliphatic heterocycles. The third-order valence-corrected chi connectivity index (χ3v) is 4.63. The fourth-order valence-electron chi connectivity index (χ4n) is 3.09. The number of aromatic nitrogens is 1. The average Bonchev–Trinajstić information content (AvgIpc) is 2.68. The molecule has 1 aliphatic rings. The molecule has 0 aliphatic carbocycles. The number of methoxy groups -OCH3 is 1. The minimum absolute atomic E-state index is 0.0403. The normalized spacial score (nSPS) is 14.0. The van der Waals surface area contributed by atoms with Gasteiger partial charge in [0.05, 0.1) is 12.8 Å². The number of carbonyl (C=O) groups is 2. The SMILES string of the molecule is COc1ccc(C)cc1Nc1ccnc(C(=O)N2CCN(C(C)=O)CC2)c1. The fraction of sp³-hybridized carbons (Fsp3) is 0.350. The lowest BCUT2D eigenvalue weighted by Gasteiger charge is -2.34. The Labute approximate surface area is 158 Å². The molecule has 1 aromatic carbocycles. The van der Waals surface area contributed by atoms with Gasteiger partial charge in [-0.3, -0.25) is 14.6 Å². The van der Waals surface area contributed by atoms with Gasteiger partial charge in [0.2, 0.25) is 5.91 Å². The van der Waals surface area contributed by atoms with Gasteiger partial charge in [0, 0.05) is 45.0 Å². The van der Waals surface area contributed by atoms with Crippen LogP contribution in [-0.2, 0) is 4.79 Å². The monoisotopic (exact) mass is 368 g/mol. The number of piperazine rings is 1. The molecule has 0 unspecified atom stereocenters. The predicted octanol–water partition coefficient (Wildman–Crippen LogP) is 2.45. The molecule has 2 aromatic rings. The first-order valence-corrected chi connectivity index (χ1v) is 8.90. The zero-order valence-corrected chi connectivity index (χ0v) is 15.9. The number of hydrogen-bond donors (Lipinski definition) is 1. The van der Waals surface area contributed by atoms with E-state index < -0.39 is 0 Å². The first-order chi connectivity index (χ1) is 13.0. The summed E-state index contributed by atoms with van der Waals surface area (Å²) in [5.74, 6) is 0.641. The van der Waals surface area contributed by atoms with Crippen molar-refractivity contribution in [3.8, 4) is 5.75 Å². The van der Waals surface area contributed by atoms with Crippen LogP contribution >= 0.6 is 0 Å². The van der Waals surface area contributed by atoms with Gasteiger partial charge in [0.25, 0.3) is 5.91 Å². The van der Waals surface area contributed by atoms with Crippen molar-refractivity contribution < 1.29 is 14.3 Å². The van der Waals surface area contributed by atoms with Crippen LogP contribution in [0.5, 0.6) is 5.75 Å². The van der Waals surface area contributed by atoms with Crippen molar-refractivity contribution in [2.45, 2.75) is 13.8 Å². The smallest absolute Gasteiger partial charge is 0.272 e. The summed E-state index contributed by atoms with van der Waals surface area (Å²) < 4.78 is 5.39. The van der Waals surface area contributed by atoms with E-state index in [0.29, 0.717) is 31.9 Å². The molecule has 1 aromatic heterocycles. The Morgan fingerprint density at radius 2 is 1.78 bits per heavy atom. The van der Waals surface area contributed by atoms with Crippen LogP contribution in [-0.4, -0.2) is 59.9 Å². The molecule has 142 valence electrons. The van der Waals surface area contributed by atoms with Crippen LogP contribution in [0, 0.1) is 6.92 Å². The quantitative estimate of drug-likeness (QED) is 0.897. The summed E-state index contributed by atoms with van der Waals surface area (Å²) in [7, 11) is 1.62. The van der Waals surface area contributed by atoms with Gasteiger partial charge in [-0.2, -0.15) is 0 Å². The first-order valence-electron chi connectivity index (χ1n) is 8.90. The Morgan fingerprint density at radius 3 is 2.44 bits per heavy atom. The minimum Gasteiger partial charge on any atom is -0.495 e. The van der Waals surface area contributed by atoms with Crippen molar-refractivity contribution in [3.05, 3.63) is 47.8 Å². The van der Waals surface area contributed by atoms with E-state index in [4.69, 9.17) is 4.74 Å². The molecule has 0 atom stereocenters. The van der Waals surface area contributed by atoms with Crippen molar-refractivity contribution in [1.82, 2.24) is 14.8 Å². The van der Waals surface area contributed by atoms with E-state index in [1.165, 1.54) is 0 Å². The van der Waals surface area contributed by atoms with Gasteiger partial charge in [-0.15, -0.1) is 0 Å². The molecule has 1 fully saturated rings. The number of anilines is 2. The lowest BCUT2D eigenvalue weighted by atomic mass is 10.2. The summed E-state index contributed by atoms with van der Waals surface area (Å²) in [6, 6.07) is 9.42. The summed E-state index contributed by atoms with van der Waals surface area (Å²) in [4.78, 5) is 31.9. The number of rotatable bonds is 4. The maximum absolute atomic E-state index is 12.8. The van der Waals surface area contributed by atoms with Crippen LogP contribution in [0.1, 0.15) is 23.0 Å². The van der Waals surface area contributed by atoms with Crippen molar-refractivity contribution in [2.24, 2.45) is 0 Å². The van der Waals surface area contributed by atoms with Crippen molar-refractivity contribution in [1.29, 1.82) is 0 Å². The van der Waals surface area contributed by atoms with E-state index in [2.05, 4.69) is 10.3 Å². The molecule has 1 N–H and O–H groups in total. The summed E-state index contributed by atoms with van der Waals surface area (Å²) in [6.45, 7) is 5.70. The Hall–Kier alpha value is -3.09. The van der Waals surface area contributed by atoms with Gasteiger partial charge in [-0.1, -0.05) is 6.07 Å². The first kappa shape index (κ1) is 18.7. The number of nitrogens with zero attached hydrogens (tertiary/aromatic N) is 3. The van der Waals surface area contributed by atoms with E-state index in [1.54, 1.807) is 36.1 Å². The van der Waals surface area contributed by atoms with E-state index in [-0.39, 0.29) is 11.8 Å². The molecule has 27 heavy (non-hydrogen) atoms. The lowest BCUT2D eigenvalue weighted by molar-refractivity contribution is -0.130. The molecule has 0 saturated carbocycles. The molecule has 0 bridgehead atoms. The van der Waals surface area contributed by atoms with Crippen LogP contribution in [0.2, 0.25) is 0 Å². The van der Waals surface area contributed by atoms with Crippen molar-refractivity contribution >= 4 is 23.2 Å². The number of carbonyl (C=O) groups excluding carboxylic acids is 2. The highest BCUT2D eigenvalue weighted by Crippen LogP contribution is 2.28. The Bertz CT molecular complexity index is 845. The molecule has 0 spiro atoms. The van der Waals surface area contributed by atoms with E-state index in [0.717, 1.165) is 22.7 Å². The maximum Gasteiger partial charge on any atom is 0.272 e. The number of nitrogens with one attached hydrogen (secondary N) is 1. The standard InChI is InChI=1S/C20H24N4O3/c1-14-4-5-19(27-3)17(12-14)22-16-6-7-21-18(13-16)20(26)24-10-8-23(9-11-24)15(2)25/h4-7,12-13H,8-11H2,1-3H3,(H,21,22). The maximum atomic E-state index is 12.8. The molecular weight excluding hydrogens is 344 g/mol. The van der Waals surface area contributed by atoms with Gasteiger partial charge >= 0.3 is 0 Å². The molecule has 2 amide bonds. The van der Waals surface area contributed by atoms with Crippen LogP contribution in [0.3, 0.4) is 0 Å². The van der Waals surface area contributed by atoms with Crippen LogP contribution in [0.4, 0.5) is 11.4 Å². The molecule has 7 heteroatoms. The zero-order chi connectivity index (χ0) is 19.4. The third kappa shape index (κ3) is 4.36. The number of amides is 2. The summed E-state index contributed by atoms with van der Waals surface area (Å²) in [5, 5.41) is 3.30. The van der Waals surface area contributed by atoms with Crippen molar-refractivity contribution in [3.63, 3.8) is 0 Å². The number of ether oxygens (including phenoxy) is 1. The van der Waals surface area contributed by atoms with Gasteiger partial charge in [-0.05, 0) is 36.8 Å². The summed E-state index contributed by atoms with van der Waals surface area (Å²) in [6.07, 6.45) is 1.61. The second-order valence-electron chi connectivity index (χ2n) is 6.56. The molecule has 7 nitrogen and oxygen atoms in total. The molecule has 2 heterocycles. The Balaban J connectivity index is 1.73.